The zero-order valence-electron chi connectivity index (χ0n) is 45.2. The number of unbranched alkanes of at least 4 members (excludes halogenated alkanes) is 18. The van der Waals surface area contributed by atoms with Crippen molar-refractivity contribution in [1.82, 2.24) is 49.9 Å². The van der Waals surface area contributed by atoms with Crippen LogP contribution in [0.1, 0.15) is 212 Å². The van der Waals surface area contributed by atoms with Crippen LogP contribution in [0.15, 0.2) is 67.2 Å². The molecule has 17 nitrogen and oxygen atoms in total. The van der Waals surface area contributed by atoms with Crippen LogP contribution >= 0.6 is 0 Å². The normalized spacial score (nSPS) is 17.1. The molecule has 4 heterocycles. The summed E-state index contributed by atoms with van der Waals surface area (Å²) in [7, 11) is 0. The van der Waals surface area contributed by atoms with Crippen molar-refractivity contribution >= 4 is 17.9 Å². The number of aromatic nitrogens is 9. The van der Waals surface area contributed by atoms with E-state index in [1.54, 1.807) is 6.20 Å². The van der Waals surface area contributed by atoms with Gasteiger partial charge in [0, 0.05) is 65.9 Å². The van der Waals surface area contributed by atoms with Gasteiger partial charge in [-0.05, 0) is 77.0 Å². The number of aryl methyl sites for hydroxylation is 2. The van der Waals surface area contributed by atoms with E-state index in [0.717, 1.165) is 75.8 Å². The molecule has 0 amide bonds. The molecule has 2 unspecified atom stereocenters. The molecular formula is C56H90N10O7. The number of carbonyl (C=O) groups excluding carboxylic acids is 3. The molecule has 0 bridgehead atoms. The predicted octanol–water partition coefficient (Wildman–Crippen LogP) is 11.6. The molecule has 1 fully saturated rings. The van der Waals surface area contributed by atoms with Crippen molar-refractivity contribution in [2.45, 2.75) is 246 Å². The zero-order valence-corrected chi connectivity index (χ0v) is 45.2. The quantitative estimate of drug-likeness (QED) is 0.0226. The fourth-order valence-electron chi connectivity index (χ4n) is 8.84. The van der Waals surface area contributed by atoms with E-state index in [4.69, 9.17) is 18.9 Å². The highest BCUT2D eigenvalue weighted by atomic mass is 16.7. The molecule has 0 aromatic carbocycles. The predicted molar refractivity (Wildman–Crippen MR) is 283 cm³/mol. The molecular weight excluding hydrogens is 925 g/mol. The first-order valence-corrected chi connectivity index (χ1v) is 27.8. The van der Waals surface area contributed by atoms with Crippen LogP contribution in [0.4, 0.5) is 0 Å². The summed E-state index contributed by atoms with van der Waals surface area (Å²) in [6, 6.07) is 0. The fraction of sp³-hybridized carbons (Fsp3) is 0.696. The number of rotatable bonds is 41. The second kappa shape index (κ2) is 37.4. The fourth-order valence-corrected chi connectivity index (χ4v) is 8.84. The Morgan fingerprint density at radius 2 is 0.932 bits per heavy atom. The molecule has 0 aliphatic carbocycles. The Morgan fingerprint density at radius 1 is 0.521 bits per heavy atom. The van der Waals surface area contributed by atoms with Crippen LogP contribution in [0.3, 0.4) is 0 Å². The van der Waals surface area contributed by atoms with Crippen LogP contribution in [0.5, 0.6) is 0 Å². The first-order chi connectivity index (χ1) is 35.6. The smallest absolute Gasteiger partial charge is 0.303 e. The third-order valence-corrected chi connectivity index (χ3v) is 12.7. The zero-order chi connectivity index (χ0) is 52.1. The largest absolute Gasteiger partial charge is 0.463 e. The number of carbonyl (C=O) groups is 3. The van der Waals surface area contributed by atoms with Crippen molar-refractivity contribution in [1.29, 1.82) is 0 Å². The summed E-state index contributed by atoms with van der Waals surface area (Å²) in [4.78, 5) is 38.3. The summed E-state index contributed by atoms with van der Waals surface area (Å²) in [6.45, 7) is 10.9. The summed E-state index contributed by atoms with van der Waals surface area (Å²) < 4.78 is 27.9. The first-order valence-electron chi connectivity index (χ1n) is 27.8. The molecule has 0 saturated carbocycles. The average Bonchev–Trinajstić information content (AvgIpc) is 4.19. The van der Waals surface area contributed by atoms with Gasteiger partial charge in [-0.15, -0.1) is 15.3 Å². The van der Waals surface area contributed by atoms with Gasteiger partial charge in [0.1, 0.15) is 12.7 Å². The van der Waals surface area contributed by atoms with E-state index in [2.05, 4.69) is 98.3 Å². The number of esters is 3. The average molecular weight is 1020 g/mol. The third kappa shape index (κ3) is 26.5. The van der Waals surface area contributed by atoms with E-state index in [1.807, 2.05) is 21.8 Å². The van der Waals surface area contributed by atoms with Crippen LogP contribution in [0.25, 0.3) is 0 Å². The molecule has 1 aliphatic heterocycles. The molecule has 0 radical (unpaired) electrons. The maximum Gasteiger partial charge on any atom is 0.303 e. The molecule has 4 atom stereocenters. The van der Waals surface area contributed by atoms with Gasteiger partial charge in [0.05, 0.1) is 23.3 Å². The number of allylic oxidation sites excluding steroid dienone is 8. The summed E-state index contributed by atoms with van der Waals surface area (Å²) >= 11 is 0. The minimum absolute atomic E-state index is 0.218. The van der Waals surface area contributed by atoms with E-state index >= 15 is 0 Å². The third-order valence-electron chi connectivity index (χ3n) is 12.7. The summed E-state index contributed by atoms with van der Waals surface area (Å²) in [6.07, 6.45) is 48.9. The first kappa shape index (κ1) is 60.3. The van der Waals surface area contributed by atoms with E-state index in [1.165, 1.54) is 128 Å². The van der Waals surface area contributed by atoms with Crippen molar-refractivity contribution in [3.05, 3.63) is 84.3 Å². The van der Waals surface area contributed by atoms with E-state index < -0.39 is 42.4 Å². The van der Waals surface area contributed by atoms with Gasteiger partial charge in [0.25, 0.3) is 0 Å². The minimum atomic E-state index is -1.08. The molecule has 73 heavy (non-hydrogen) atoms. The molecule has 0 spiro atoms. The highest BCUT2D eigenvalue weighted by Gasteiger charge is 2.51. The van der Waals surface area contributed by atoms with Crippen molar-refractivity contribution in [3.8, 4) is 0 Å². The van der Waals surface area contributed by atoms with Crippen molar-refractivity contribution in [2.75, 3.05) is 6.61 Å². The van der Waals surface area contributed by atoms with Gasteiger partial charge in [-0.1, -0.05) is 155 Å². The number of ether oxygens (including phenoxy) is 4. The van der Waals surface area contributed by atoms with Gasteiger partial charge < -0.3 is 18.9 Å². The Morgan fingerprint density at radius 3 is 1.38 bits per heavy atom. The molecule has 3 aromatic heterocycles. The van der Waals surface area contributed by atoms with E-state index in [-0.39, 0.29) is 6.61 Å². The lowest BCUT2D eigenvalue weighted by atomic mass is 10.1. The maximum absolute atomic E-state index is 12.3. The van der Waals surface area contributed by atoms with Crippen LogP contribution < -0.4 is 0 Å². The van der Waals surface area contributed by atoms with Gasteiger partial charge >= 0.3 is 17.9 Å². The van der Waals surface area contributed by atoms with Crippen molar-refractivity contribution in [3.63, 3.8) is 0 Å². The Labute approximate surface area is 436 Å². The second-order valence-corrected chi connectivity index (χ2v) is 19.5. The highest BCUT2D eigenvalue weighted by Crippen LogP contribution is 2.34. The molecule has 406 valence electrons. The van der Waals surface area contributed by atoms with Crippen LogP contribution in [-0.4, -0.2) is 92.7 Å². The standard InChI is InChI=1S/C56H90N10O7/c1-6-8-10-12-14-16-18-20-22-24-26-28-30-32-34-36-38-64-43-50(57-60-64)40-63(41-51-44-65(61-58-51)39-37-35-33-31-29-27-25-23-21-19-17-15-13-11-9-7-2)42-52-45-66(62-59-52)56-55(72-49(5)69)54(71-48(4)68)53(73-56)46-70-47(3)67/h14-17,20-23,43-45,53-56H,6-13,18-19,24-42,46H2,1-5H3/b16-14-,17-15-,22-20-,23-21-/t53-,54?,55?,56-/m1/s1. The molecule has 1 aliphatic rings. The van der Waals surface area contributed by atoms with Gasteiger partial charge in [-0.25, -0.2) is 4.68 Å². The summed E-state index contributed by atoms with van der Waals surface area (Å²) in [5.41, 5.74) is 2.22. The Balaban J connectivity index is 1.29. The SMILES string of the molecule is CCCCC/C=C\C/C=C\CCCCCCCCn1cc(CN(Cc2cn(CCCCCCCC/C=C\C/C=C\CCCCC)nn2)Cc2cn([C@@H]3O[C@H](COC(C)=O)C(OC(C)=O)C3OC(C)=O)nn2)nn1. The molecule has 0 N–H and O–H groups in total. The van der Waals surface area contributed by atoms with E-state index in [9.17, 15) is 14.4 Å². The van der Waals surface area contributed by atoms with Gasteiger partial charge in [-0.3, -0.25) is 28.6 Å². The monoisotopic (exact) mass is 1010 g/mol. The van der Waals surface area contributed by atoms with Crippen LogP contribution in [0.2, 0.25) is 0 Å². The lowest BCUT2D eigenvalue weighted by Crippen LogP contribution is -2.40. The number of hydrogen-bond acceptors (Lipinski definition) is 14. The minimum Gasteiger partial charge on any atom is -0.463 e. The van der Waals surface area contributed by atoms with Crippen LogP contribution in [-0.2, 0) is 66.1 Å². The molecule has 3 aromatic rings. The Bertz CT molecular complexity index is 1990. The van der Waals surface area contributed by atoms with Crippen LogP contribution in [0, 0.1) is 0 Å². The Kier molecular flexibility index (Phi) is 30.9. The lowest BCUT2D eigenvalue weighted by molar-refractivity contribution is -0.166. The summed E-state index contributed by atoms with van der Waals surface area (Å²) in [5.74, 6) is -1.74. The van der Waals surface area contributed by atoms with Crippen molar-refractivity contribution in [2.24, 2.45) is 0 Å². The lowest BCUT2D eigenvalue weighted by Gasteiger charge is -2.23. The van der Waals surface area contributed by atoms with Gasteiger partial charge in [0.15, 0.2) is 18.4 Å². The molecule has 17 heteroatoms. The highest BCUT2D eigenvalue weighted by molar-refractivity contribution is 5.68. The van der Waals surface area contributed by atoms with E-state index in [0.29, 0.717) is 25.3 Å². The van der Waals surface area contributed by atoms with Crippen molar-refractivity contribution < 1.29 is 33.3 Å². The number of hydrogen-bond donors (Lipinski definition) is 0. The number of nitrogens with zero attached hydrogens (tertiary/aromatic N) is 10. The topological polar surface area (TPSA) is 184 Å². The van der Waals surface area contributed by atoms with Gasteiger partial charge in [-0.2, -0.15) is 0 Å². The Hall–Kier alpha value is -5.29. The molecule has 1 saturated heterocycles. The molecule has 4 rings (SSSR count). The maximum atomic E-state index is 12.3. The second-order valence-electron chi connectivity index (χ2n) is 19.5. The van der Waals surface area contributed by atoms with Gasteiger partial charge in [0.2, 0.25) is 0 Å². The summed E-state index contributed by atoms with van der Waals surface area (Å²) in [5, 5.41) is 26.9.